The zero-order valence-electron chi connectivity index (χ0n) is 13.5. The Labute approximate surface area is 139 Å². The number of halogens is 1. The minimum absolute atomic E-state index is 0.219. The van der Waals surface area contributed by atoms with Crippen LogP contribution in [0.25, 0.3) is 0 Å². The Balaban J connectivity index is 3.00. The molecule has 0 fully saturated rings. The lowest BCUT2D eigenvalue weighted by Crippen LogP contribution is -2.31. The Bertz CT molecular complexity index is 694. The highest BCUT2D eigenvalue weighted by molar-refractivity contribution is 7.86. The number of rotatable bonds is 9. The average molecular weight is 362 g/mol. The first-order chi connectivity index (χ1) is 11.2. The molecule has 0 amide bonds. The molecule has 0 aliphatic heterocycles. The van der Waals surface area contributed by atoms with E-state index in [2.05, 4.69) is 9.99 Å². The third-order valence-electron chi connectivity index (χ3n) is 3.37. The molecule has 8 nitrogen and oxygen atoms in total. The molecule has 0 saturated carbocycles. The SMILES string of the molecule is CC[C@@H](OS(=O)(=O)c1cccc([N+](=O)[O-])c1)[C@@H](C)[C@H](F)C=NOC. The van der Waals surface area contributed by atoms with Gasteiger partial charge in [-0.1, -0.05) is 25.1 Å². The van der Waals surface area contributed by atoms with Gasteiger partial charge in [0.25, 0.3) is 15.8 Å². The number of nitro benzene ring substituents is 1. The van der Waals surface area contributed by atoms with E-state index in [1.165, 1.54) is 26.2 Å². The van der Waals surface area contributed by atoms with Crippen LogP contribution in [-0.2, 0) is 19.1 Å². The minimum Gasteiger partial charge on any atom is -0.399 e. The second-order valence-electron chi connectivity index (χ2n) is 4.99. The molecule has 0 aromatic heterocycles. The maximum absolute atomic E-state index is 14.0. The fourth-order valence-corrected chi connectivity index (χ4v) is 3.22. The molecular formula is C14H19FN2O6S. The van der Waals surface area contributed by atoms with Crippen molar-refractivity contribution < 1.29 is 26.8 Å². The van der Waals surface area contributed by atoms with Gasteiger partial charge in [-0.2, -0.15) is 8.42 Å². The number of nitrogens with zero attached hydrogens (tertiary/aromatic N) is 2. The number of oxime groups is 1. The summed E-state index contributed by atoms with van der Waals surface area (Å²) in [5.41, 5.74) is -0.378. The first-order valence-electron chi connectivity index (χ1n) is 7.11. The average Bonchev–Trinajstić information content (AvgIpc) is 2.56. The molecule has 0 unspecified atom stereocenters. The largest absolute Gasteiger partial charge is 0.399 e. The fraction of sp³-hybridized carbons (Fsp3) is 0.500. The highest BCUT2D eigenvalue weighted by Crippen LogP contribution is 2.25. The Morgan fingerprint density at radius 1 is 1.46 bits per heavy atom. The monoisotopic (exact) mass is 362 g/mol. The summed E-state index contributed by atoms with van der Waals surface area (Å²) < 4.78 is 43.6. The van der Waals surface area contributed by atoms with Crippen molar-refractivity contribution in [1.29, 1.82) is 0 Å². The van der Waals surface area contributed by atoms with E-state index < -0.39 is 33.2 Å². The third-order valence-corrected chi connectivity index (χ3v) is 4.70. The number of hydrogen-bond acceptors (Lipinski definition) is 7. The molecule has 0 aliphatic rings. The van der Waals surface area contributed by atoms with Gasteiger partial charge < -0.3 is 4.84 Å². The molecule has 0 spiro atoms. The smallest absolute Gasteiger partial charge is 0.297 e. The van der Waals surface area contributed by atoms with E-state index >= 15 is 0 Å². The zero-order chi connectivity index (χ0) is 18.3. The van der Waals surface area contributed by atoms with Gasteiger partial charge in [-0.15, -0.1) is 0 Å². The van der Waals surface area contributed by atoms with Crippen LogP contribution in [0.2, 0.25) is 0 Å². The van der Waals surface area contributed by atoms with Crippen LogP contribution in [0.3, 0.4) is 0 Å². The van der Waals surface area contributed by atoms with E-state index in [9.17, 15) is 22.9 Å². The summed E-state index contributed by atoms with van der Waals surface area (Å²) in [7, 11) is -3.02. The Morgan fingerprint density at radius 3 is 2.67 bits per heavy atom. The maximum atomic E-state index is 14.0. The Hall–Kier alpha value is -2.07. The van der Waals surface area contributed by atoms with Gasteiger partial charge >= 0.3 is 0 Å². The summed E-state index contributed by atoms with van der Waals surface area (Å²) in [6, 6.07) is 4.48. The van der Waals surface area contributed by atoms with Crippen LogP contribution >= 0.6 is 0 Å². The molecule has 0 heterocycles. The Kier molecular flexibility index (Phi) is 7.23. The quantitative estimate of drug-likeness (QED) is 0.289. The van der Waals surface area contributed by atoms with Crippen LogP contribution < -0.4 is 0 Å². The number of nitro groups is 1. The lowest BCUT2D eigenvalue weighted by atomic mass is 9.98. The number of non-ortho nitro benzene ring substituents is 1. The van der Waals surface area contributed by atoms with E-state index in [-0.39, 0.29) is 17.0 Å². The zero-order valence-corrected chi connectivity index (χ0v) is 14.3. The van der Waals surface area contributed by atoms with Crippen LogP contribution in [0.1, 0.15) is 20.3 Å². The van der Waals surface area contributed by atoms with Crippen molar-refractivity contribution in [3.05, 3.63) is 34.4 Å². The van der Waals surface area contributed by atoms with Gasteiger partial charge in [0.2, 0.25) is 0 Å². The van der Waals surface area contributed by atoms with Crippen LogP contribution in [0.4, 0.5) is 10.1 Å². The van der Waals surface area contributed by atoms with Gasteiger partial charge in [0.1, 0.15) is 18.2 Å². The molecule has 1 rings (SSSR count). The van der Waals surface area contributed by atoms with Crippen LogP contribution in [0.5, 0.6) is 0 Å². The molecule has 134 valence electrons. The normalized spacial score (nSPS) is 15.8. The van der Waals surface area contributed by atoms with E-state index in [1.807, 2.05) is 0 Å². The van der Waals surface area contributed by atoms with Crippen LogP contribution in [0.15, 0.2) is 34.3 Å². The van der Waals surface area contributed by atoms with Gasteiger partial charge in [-0.3, -0.25) is 14.3 Å². The molecule has 10 heteroatoms. The van der Waals surface area contributed by atoms with Crippen LogP contribution in [0, 0.1) is 16.0 Å². The van der Waals surface area contributed by atoms with Crippen molar-refractivity contribution in [2.75, 3.05) is 7.11 Å². The summed E-state index contributed by atoms with van der Waals surface area (Å²) in [5, 5.41) is 14.1. The molecule has 0 N–H and O–H groups in total. The second-order valence-corrected chi connectivity index (χ2v) is 6.56. The number of hydrogen-bond donors (Lipinski definition) is 0. The van der Waals surface area contributed by atoms with Gasteiger partial charge in [0, 0.05) is 18.1 Å². The highest BCUT2D eigenvalue weighted by atomic mass is 32.2. The van der Waals surface area contributed by atoms with E-state index in [4.69, 9.17) is 4.18 Å². The van der Waals surface area contributed by atoms with Gasteiger partial charge in [-0.25, -0.2) is 4.39 Å². The standard InChI is InChI=1S/C14H19FN2O6S/c1-4-14(10(2)13(15)9-16-22-3)23-24(20,21)12-7-5-6-11(8-12)17(18)19/h5-10,13-14H,4H2,1-3H3/t10-,13+,14+/m0/s1. The second kappa shape index (κ2) is 8.69. The topological polar surface area (TPSA) is 108 Å². The summed E-state index contributed by atoms with van der Waals surface area (Å²) in [6.45, 7) is 3.12. The van der Waals surface area contributed by atoms with Crippen molar-refractivity contribution >= 4 is 22.0 Å². The predicted molar refractivity (Wildman–Crippen MR) is 85.0 cm³/mol. The van der Waals surface area contributed by atoms with Crippen molar-refractivity contribution in [2.45, 2.75) is 37.4 Å². The van der Waals surface area contributed by atoms with Crippen molar-refractivity contribution in [2.24, 2.45) is 11.1 Å². The van der Waals surface area contributed by atoms with Crippen molar-refractivity contribution in [3.8, 4) is 0 Å². The van der Waals surface area contributed by atoms with Gasteiger partial charge in [0.15, 0.2) is 0 Å². The predicted octanol–water partition coefficient (Wildman–Crippen LogP) is 2.69. The summed E-state index contributed by atoms with van der Waals surface area (Å²) in [6.07, 6.45) is -1.41. The molecule has 0 bridgehead atoms. The summed E-state index contributed by atoms with van der Waals surface area (Å²) >= 11 is 0. The lowest BCUT2D eigenvalue weighted by molar-refractivity contribution is -0.385. The third kappa shape index (κ3) is 5.24. The first kappa shape index (κ1) is 20.0. The fourth-order valence-electron chi connectivity index (χ4n) is 1.96. The van der Waals surface area contributed by atoms with E-state index in [1.54, 1.807) is 6.92 Å². The highest BCUT2D eigenvalue weighted by Gasteiger charge is 2.30. The Morgan fingerprint density at radius 2 is 2.12 bits per heavy atom. The molecule has 0 saturated heterocycles. The van der Waals surface area contributed by atoms with Crippen molar-refractivity contribution in [1.82, 2.24) is 0 Å². The number of alkyl halides is 1. The molecule has 0 radical (unpaired) electrons. The minimum atomic E-state index is -4.27. The molecule has 3 atom stereocenters. The number of benzene rings is 1. The van der Waals surface area contributed by atoms with E-state index in [0.29, 0.717) is 0 Å². The molecule has 0 aliphatic carbocycles. The van der Waals surface area contributed by atoms with Crippen molar-refractivity contribution in [3.63, 3.8) is 0 Å². The van der Waals surface area contributed by atoms with Gasteiger partial charge in [-0.05, 0) is 12.5 Å². The van der Waals surface area contributed by atoms with Gasteiger partial charge in [0.05, 0.1) is 17.2 Å². The molecule has 1 aromatic rings. The maximum Gasteiger partial charge on any atom is 0.297 e. The summed E-state index contributed by atoms with van der Waals surface area (Å²) in [4.78, 5) is 14.1. The molecule has 1 aromatic carbocycles. The first-order valence-corrected chi connectivity index (χ1v) is 8.52. The van der Waals surface area contributed by atoms with Crippen LogP contribution in [-0.4, -0.2) is 38.9 Å². The summed E-state index contributed by atoms with van der Waals surface area (Å²) in [5.74, 6) is -0.817. The molecule has 24 heavy (non-hydrogen) atoms. The van der Waals surface area contributed by atoms with E-state index in [0.717, 1.165) is 18.3 Å². The molecular weight excluding hydrogens is 343 g/mol. The lowest BCUT2D eigenvalue weighted by Gasteiger charge is -2.23.